The topological polar surface area (TPSA) is 66.4 Å². The van der Waals surface area contributed by atoms with Crippen LogP contribution >= 0.6 is 11.3 Å². The lowest BCUT2D eigenvalue weighted by Gasteiger charge is -2.04. The summed E-state index contributed by atoms with van der Waals surface area (Å²) in [6.45, 7) is 2.49. The summed E-state index contributed by atoms with van der Waals surface area (Å²) in [7, 11) is 0. The summed E-state index contributed by atoms with van der Waals surface area (Å²) in [5.41, 5.74) is 1.27. The molecule has 0 saturated heterocycles. The molecule has 5 heteroatoms. The molecule has 1 aromatic heterocycles. The average Bonchev–Trinajstić information content (AvgIpc) is 2.86. The van der Waals surface area contributed by atoms with Crippen LogP contribution in [0.1, 0.15) is 30.5 Å². The first kappa shape index (κ1) is 14.3. The van der Waals surface area contributed by atoms with Gasteiger partial charge in [0.1, 0.15) is 0 Å². The molecule has 0 fully saturated rings. The van der Waals surface area contributed by atoms with Crippen LogP contribution in [0.15, 0.2) is 36.4 Å². The van der Waals surface area contributed by atoms with Gasteiger partial charge in [0.05, 0.1) is 10.4 Å². The zero-order valence-corrected chi connectivity index (χ0v) is 11.9. The first-order valence-electron chi connectivity index (χ1n) is 6.23. The Morgan fingerprint density at radius 1 is 1.15 bits per heavy atom. The number of benzene rings is 1. The van der Waals surface area contributed by atoms with E-state index in [4.69, 9.17) is 5.11 Å². The van der Waals surface area contributed by atoms with Crippen LogP contribution in [0.4, 0.5) is 0 Å². The van der Waals surface area contributed by atoms with Crippen molar-refractivity contribution in [2.24, 2.45) is 0 Å². The minimum Gasteiger partial charge on any atom is -0.478 e. The van der Waals surface area contributed by atoms with Crippen LogP contribution in [0.25, 0.3) is 0 Å². The van der Waals surface area contributed by atoms with E-state index in [0.717, 1.165) is 10.4 Å². The predicted molar refractivity (Wildman–Crippen MR) is 78.5 cm³/mol. The molecule has 0 bridgehead atoms. The van der Waals surface area contributed by atoms with E-state index in [0.29, 0.717) is 17.8 Å². The molecule has 0 unspecified atom stereocenters. The van der Waals surface area contributed by atoms with Crippen molar-refractivity contribution in [3.8, 4) is 0 Å². The van der Waals surface area contributed by atoms with Crippen molar-refractivity contribution in [3.05, 3.63) is 57.3 Å². The Balaban J connectivity index is 1.83. The minimum absolute atomic E-state index is 0.0646. The second kappa shape index (κ2) is 6.34. The van der Waals surface area contributed by atoms with Gasteiger partial charge in [0.25, 0.3) is 5.91 Å². The number of hydrogen-bond donors (Lipinski definition) is 2. The SMILES string of the molecule is Cc1ccc(C(=O)NCCc2ccc(C(=O)O)cc2)s1. The predicted octanol–water partition coefficient (Wildman–Crippen LogP) is 2.73. The molecule has 0 aliphatic heterocycles. The van der Waals surface area contributed by atoms with Gasteiger partial charge in [-0.15, -0.1) is 11.3 Å². The van der Waals surface area contributed by atoms with Crippen LogP contribution in [0, 0.1) is 6.92 Å². The van der Waals surface area contributed by atoms with Crippen LogP contribution < -0.4 is 5.32 Å². The highest BCUT2D eigenvalue weighted by Crippen LogP contribution is 2.14. The molecule has 0 aliphatic rings. The number of rotatable bonds is 5. The Morgan fingerprint density at radius 3 is 2.40 bits per heavy atom. The summed E-state index contributed by atoms with van der Waals surface area (Å²) in [5, 5.41) is 11.7. The zero-order chi connectivity index (χ0) is 14.5. The third-order valence-electron chi connectivity index (χ3n) is 2.86. The van der Waals surface area contributed by atoms with Crippen molar-refractivity contribution in [2.45, 2.75) is 13.3 Å². The second-order valence-electron chi connectivity index (χ2n) is 4.42. The Hall–Kier alpha value is -2.14. The number of aromatic carboxylic acids is 1. The number of carbonyl (C=O) groups excluding carboxylic acids is 1. The number of aryl methyl sites for hydroxylation is 1. The van der Waals surface area contributed by atoms with E-state index in [-0.39, 0.29) is 11.5 Å². The highest BCUT2D eigenvalue weighted by Gasteiger charge is 2.07. The number of thiophene rings is 1. The highest BCUT2D eigenvalue weighted by molar-refractivity contribution is 7.13. The van der Waals surface area contributed by atoms with Gasteiger partial charge in [-0.3, -0.25) is 4.79 Å². The van der Waals surface area contributed by atoms with Crippen LogP contribution in [0.5, 0.6) is 0 Å². The molecule has 1 aromatic carbocycles. The molecule has 0 atom stereocenters. The van der Waals surface area contributed by atoms with E-state index < -0.39 is 5.97 Å². The van der Waals surface area contributed by atoms with E-state index >= 15 is 0 Å². The van der Waals surface area contributed by atoms with Gasteiger partial charge in [-0.2, -0.15) is 0 Å². The standard InChI is InChI=1S/C15H15NO3S/c1-10-2-7-13(20-10)14(17)16-9-8-11-3-5-12(6-4-11)15(18)19/h2-7H,8-9H2,1H3,(H,16,17)(H,18,19). The molecule has 20 heavy (non-hydrogen) atoms. The summed E-state index contributed by atoms with van der Waals surface area (Å²) in [6, 6.07) is 10.4. The molecular weight excluding hydrogens is 274 g/mol. The van der Waals surface area contributed by atoms with Gasteiger partial charge in [-0.1, -0.05) is 12.1 Å². The molecule has 0 saturated carbocycles. The maximum atomic E-state index is 11.8. The largest absolute Gasteiger partial charge is 0.478 e. The summed E-state index contributed by atoms with van der Waals surface area (Å²) in [5.74, 6) is -0.997. The molecule has 0 aliphatic carbocycles. The number of carboxylic acid groups (broad SMARTS) is 1. The van der Waals surface area contributed by atoms with Gasteiger partial charge in [0.15, 0.2) is 0 Å². The maximum absolute atomic E-state index is 11.8. The summed E-state index contributed by atoms with van der Waals surface area (Å²) < 4.78 is 0. The van der Waals surface area contributed by atoms with E-state index in [1.807, 2.05) is 19.1 Å². The normalized spacial score (nSPS) is 10.2. The van der Waals surface area contributed by atoms with E-state index in [9.17, 15) is 9.59 Å². The van der Waals surface area contributed by atoms with Crippen LogP contribution in [0.2, 0.25) is 0 Å². The van der Waals surface area contributed by atoms with Crippen LogP contribution in [0.3, 0.4) is 0 Å². The average molecular weight is 289 g/mol. The minimum atomic E-state index is -0.932. The molecule has 2 rings (SSSR count). The third-order valence-corrected chi connectivity index (χ3v) is 3.86. The van der Waals surface area contributed by atoms with Crippen molar-refractivity contribution in [1.29, 1.82) is 0 Å². The number of nitrogens with one attached hydrogen (secondary N) is 1. The van der Waals surface area contributed by atoms with Crippen LogP contribution in [-0.4, -0.2) is 23.5 Å². The zero-order valence-electron chi connectivity index (χ0n) is 11.1. The number of carbonyl (C=O) groups is 2. The molecular formula is C15H15NO3S. The lowest BCUT2D eigenvalue weighted by atomic mass is 10.1. The quantitative estimate of drug-likeness (QED) is 0.889. The molecule has 1 heterocycles. The smallest absolute Gasteiger partial charge is 0.335 e. The Kier molecular flexibility index (Phi) is 4.53. The van der Waals surface area contributed by atoms with Crippen LogP contribution in [-0.2, 0) is 6.42 Å². The lowest BCUT2D eigenvalue weighted by Crippen LogP contribution is -2.24. The summed E-state index contributed by atoms with van der Waals surface area (Å²) >= 11 is 1.47. The maximum Gasteiger partial charge on any atom is 0.335 e. The summed E-state index contributed by atoms with van der Waals surface area (Å²) in [6.07, 6.45) is 0.677. The fraction of sp³-hybridized carbons (Fsp3) is 0.200. The van der Waals surface area contributed by atoms with Gasteiger partial charge < -0.3 is 10.4 Å². The number of amides is 1. The summed E-state index contributed by atoms with van der Waals surface area (Å²) in [4.78, 5) is 24.4. The third kappa shape index (κ3) is 3.68. The van der Waals surface area contributed by atoms with Crippen molar-refractivity contribution < 1.29 is 14.7 Å². The first-order valence-corrected chi connectivity index (χ1v) is 7.05. The Morgan fingerprint density at radius 2 is 1.85 bits per heavy atom. The number of hydrogen-bond acceptors (Lipinski definition) is 3. The van der Waals surface area contributed by atoms with Gasteiger partial charge in [-0.05, 0) is 43.2 Å². The molecule has 104 valence electrons. The molecule has 0 spiro atoms. The fourth-order valence-electron chi connectivity index (χ4n) is 1.78. The van der Waals surface area contributed by atoms with Crippen molar-refractivity contribution in [2.75, 3.05) is 6.54 Å². The molecule has 1 amide bonds. The van der Waals surface area contributed by atoms with Crippen molar-refractivity contribution >= 4 is 23.2 Å². The monoisotopic (exact) mass is 289 g/mol. The van der Waals surface area contributed by atoms with E-state index in [1.165, 1.54) is 11.3 Å². The van der Waals surface area contributed by atoms with E-state index in [2.05, 4.69) is 5.32 Å². The first-order chi connectivity index (χ1) is 9.56. The lowest BCUT2D eigenvalue weighted by molar-refractivity contribution is 0.0696. The molecule has 4 nitrogen and oxygen atoms in total. The Bertz CT molecular complexity index is 616. The molecule has 2 N–H and O–H groups in total. The van der Waals surface area contributed by atoms with Gasteiger partial charge in [0.2, 0.25) is 0 Å². The molecule has 0 radical (unpaired) electrons. The highest BCUT2D eigenvalue weighted by atomic mass is 32.1. The number of carboxylic acids is 1. The van der Waals surface area contributed by atoms with Gasteiger partial charge in [0, 0.05) is 11.4 Å². The fourth-order valence-corrected chi connectivity index (χ4v) is 2.56. The van der Waals surface area contributed by atoms with Gasteiger partial charge >= 0.3 is 5.97 Å². The van der Waals surface area contributed by atoms with Crippen molar-refractivity contribution in [1.82, 2.24) is 5.32 Å². The van der Waals surface area contributed by atoms with Crippen molar-refractivity contribution in [3.63, 3.8) is 0 Å². The molecule has 2 aromatic rings. The Labute approximate surface area is 121 Å². The van der Waals surface area contributed by atoms with E-state index in [1.54, 1.807) is 24.3 Å². The van der Waals surface area contributed by atoms with Gasteiger partial charge in [-0.25, -0.2) is 4.79 Å². The second-order valence-corrected chi connectivity index (χ2v) is 5.71.